The van der Waals surface area contributed by atoms with Crippen molar-refractivity contribution in [2.24, 2.45) is 0 Å². The van der Waals surface area contributed by atoms with Crippen LogP contribution in [0.5, 0.6) is 11.6 Å². The second-order valence-corrected chi connectivity index (χ2v) is 10.3. The van der Waals surface area contributed by atoms with Crippen molar-refractivity contribution in [2.45, 2.75) is 63.6 Å². The minimum Gasteiger partial charge on any atom is -0.481 e. The van der Waals surface area contributed by atoms with Gasteiger partial charge in [-0.2, -0.15) is 13.2 Å². The highest BCUT2D eigenvalue weighted by atomic mass is 19.4. The van der Waals surface area contributed by atoms with Crippen LogP contribution in [0.25, 0.3) is 22.5 Å². The highest BCUT2D eigenvalue weighted by Gasteiger charge is 2.46. The summed E-state index contributed by atoms with van der Waals surface area (Å²) in [6, 6.07) is 5.01. The van der Waals surface area contributed by atoms with Crippen LogP contribution >= 0.6 is 0 Å². The Hall–Kier alpha value is -3.94. The number of rotatable bonds is 6. The molecule has 0 aliphatic carbocycles. The van der Waals surface area contributed by atoms with E-state index in [1.165, 1.54) is 37.8 Å². The third kappa shape index (κ3) is 6.38. The van der Waals surface area contributed by atoms with Crippen molar-refractivity contribution < 1.29 is 31.8 Å². The number of benzene rings is 1. The number of ether oxygens (including phenoxy) is 2. The van der Waals surface area contributed by atoms with Crippen LogP contribution in [0.4, 0.5) is 23.5 Å². The van der Waals surface area contributed by atoms with E-state index in [-0.39, 0.29) is 28.6 Å². The Bertz CT molecular complexity index is 1350. The summed E-state index contributed by atoms with van der Waals surface area (Å²) in [6.45, 7) is 7.45. The molecule has 208 valence electrons. The van der Waals surface area contributed by atoms with Gasteiger partial charge in [-0.1, -0.05) is 6.07 Å². The van der Waals surface area contributed by atoms with Gasteiger partial charge in [0.1, 0.15) is 23.9 Å². The molecule has 2 N–H and O–H groups in total. The summed E-state index contributed by atoms with van der Waals surface area (Å²) in [5.41, 5.74) is -0.469. The average Bonchev–Trinajstić information content (AvgIpc) is 2.86. The molecule has 3 aromatic rings. The third-order valence-corrected chi connectivity index (χ3v) is 6.15. The fourth-order valence-electron chi connectivity index (χ4n) is 4.65. The number of anilines is 1. The Morgan fingerprint density at radius 3 is 2.46 bits per heavy atom. The maximum absolute atomic E-state index is 15.1. The van der Waals surface area contributed by atoms with Crippen LogP contribution in [0, 0.1) is 0 Å². The molecule has 0 saturated carbocycles. The van der Waals surface area contributed by atoms with Crippen LogP contribution in [-0.2, 0) is 4.79 Å². The molecule has 1 aliphatic heterocycles. The first-order valence-electron chi connectivity index (χ1n) is 11.9. The van der Waals surface area contributed by atoms with E-state index in [2.05, 4.69) is 40.5 Å². The van der Waals surface area contributed by atoms with Gasteiger partial charge in [0.2, 0.25) is 11.8 Å². The van der Waals surface area contributed by atoms with Crippen LogP contribution in [0.2, 0.25) is 0 Å². The number of carbonyl (C=O) groups is 1. The topological polar surface area (TPSA) is 124 Å². The van der Waals surface area contributed by atoms with Crippen LogP contribution in [-0.4, -0.2) is 67.7 Å². The summed E-state index contributed by atoms with van der Waals surface area (Å²) < 4.78 is 63.9. The van der Waals surface area contributed by atoms with E-state index >= 15 is 4.39 Å². The molecule has 0 amide bonds. The van der Waals surface area contributed by atoms with Gasteiger partial charge in [-0.15, -0.1) is 10.2 Å². The SMILES string of the molecule is COc1cc(-c2ccc(-c3cnc(N[C@H]4CC(C)(C)NC(C)(C)[C@H]4F)nn3)c(OC(=O)C(F)(F)F)c2)ncn1. The van der Waals surface area contributed by atoms with Gasteiger partial charge in [0.25, 0.3) is 0 Å². The smallest absolute Gasteiger partial charge is 0.481 e. The number of nitrogens with one attached hydrogen (secondary N) is 2. The summed E-state index contributed by atoms with van der Waals surface area (Å²) >= 11 is 0. The largest absolute Gasteiger partial charge is 0.491 e. The van der Waals surface area contributed by atoms with Crippen LogP contribution in [0.1, 0.15) is 34.1 Å². The maximum Gasteiger partial charge on any atom is 0.491 e. The number of methoxy groups -OCH3 is 1. The second-order valence-electron chi connectivity index (χ2n) is 10.3. The van der Waals surface area contributed by atoms with Crippen molar-refractivity contribution in [3.63, 3.8) is 0 Å². The standard InChI is InChI=1S/C25H27F4N7O3/c1-23(2)10-16(20(26)24(3,4)36-23)33-22-30-11-17(34-35-22)14-7-6-13(15-9-19(38-5)32-12-31-15)8-18(14)39-21(37)25(27,28)29/h6-9,11-12,16,20,36H,10H2,1-5H3,(H,30,33,35)/t16-,20-/m0/s1. The molecule has 0 radical (unpaired) electrons. The lowest BCUT2D eigenvalue weighted by Gasteiger charge is -2.48. The molecule has 2 aromatic heterocycles. The summed E-state index contributed by atoms with van der Waals surface area (Å²) in [6.07, 6.45) is -3.60. The van der Waals surface area contributed by atoms with E-state index in [4.69, 9.17) is 4.74 Å². The number of esters is 1. The van der Waals surface area contributed by atoms with Crippen molar-refractivity contribution >= 4 is 11.9 Å². The third-order valence-electron chi connectivity index (χ3n) is 6.15. The Labute approximate surface area is 221 Å². The van der Waals surface area contributed by atoms with E-state index in [1.807, 2.05) is 13.8 Å². The average molecular weight is 550 g/mol. The molecular formula is C25H27F4N7O3. The number of hydrogen-bond donors (Lipinski definition) is 2. The quantitative estimate of drug-likeness (QED) is 0.263. The second kappa shape index (κ2) is 10.3. The number of hydrogen-bond acceptors (Lipinski definition) is 10. The first-order chi connectivity index (χ1) is 18.2. The zero-order valence-electron chi connectivity index (χ0n) is 21.8. The van der Waals surface area contributed by atoms with Gasteiger partial charge in [-0.05, 0) is 46.2 Å². The molecule has 1 fully saturated rings. The zero-order valence-corrected chi connectivity index (χ0v) is 21.8. The van der Waals surface area contributed by atoms with E-state index in [0.29, 0.717) is 17.7 Å². The van der Waals surface area contributed by atoms with Gasteiger partial charge in [-0.3, -0.25) is 0 Å². The molecule has 0 unspecified atom stereocenters. The number of piperidine rings is 1. The highest BCUT2D eigenvalue weighted by molar-refractivity contribution is 5.82. The molecule has 0 bridgehead atoms. The Kier molecular flexibility index (Phi) is 7.43. The lowest BCUT2D eigenvalue weighted by molar-refractivity contribution is -0.189. The molecule has 1 saturated heterocycles. The van der Waals surface area contributed by atoms with Crippen molar-refractivity contribution in [1.29, 1.82) is 0 Å². The van der Waals surface area contributed by atoms with Crippen LogP contribution in [0.15, 0.2) is 36.8 Å². The summed E-state index contributed by atoms with van der Waals surface area (Å²) in [7, 11) is 1.40. The van der Waals surface area contributed by atoms with Crippen molar-refractivity contribution in [3.8, 4) is 34.1 Å². The van der Waals surface area contributed by atoms with E-state index in [0.717, 1.165) is 0 Å². The van der Waals surface area contributed by atoms with Gasteiger partial charge in [0, 0.05) is 28.3 Å². The van der Waals surface area contributed by atoms with Gasteiger partial charge in [0.05, 0.1) is 25.0 Å². The first kappa shape index (κ1) is 28.1. The molecule has 2 atom stereocenters. The monoisotopic (exact) mass is 549 g/mol. The minimum absolute atomic E-state index is 0.0245. The molecule has 1 aromatic carbocycles. The predicted octanol–water partition coefficient (Wildman–Crippen LogP) is 4.14. The molecule has 10 nitrogen and oxygen atoms in total. The fourth-order valence-corrected chi connectivity index (χ4v) is 4.65. The fraction of sp³-hybridized carbons (Fsp3) is 0.440. The molecule has 1 aliphatic rings. The molecule has 4 rings (SSSR count). The molecule has 14 heteroatoms. The molecule has 39 heavy (non-hydrogen) atoms. The van der Waals surface area contributed by atoms with Crippen molar-refractivity contribution in [1.82, 2.24) is 30.5 Å². The van der Waals surface area contributed by atoms with Gasteiger partial charge in [0.15, 0.2) is 0 Å². The van der Waals surface area contributed by atoms with Gasteiger partial charge in [-0.25, -0.2) is 24.1 Å². The van der Waals surface area contributed by atoms with Crippen LogP contribution in [0.3, 0.4) is 0 Å². The lowest BCUT2D eigenvalue weighted by Crippen LogP contribution is -2.67. The predicted molar refractivity (Wildman–Crippen MR) is 133 cm³/mol. The van der Waals surface area contributed by atoms with Crippen molar-refractivity contribution in [3.05, 3.63) is 36.8 Å². The van der Waals surface area contributed by atoms with Crippen LogP contribution < -0.4 is 20.1 Å². The van der Waals surface area contributed by atoms with Gasteiger partial charge >= 0.3 is 12.1 Å². The number of halogens is 4. The number of nitrogens with zero attached hydrogens (tertiary/aromatic N) is 5. The minimum atomic E-state index is -5.23. The first-order valence-corrected chi connectivity index (χ1v) is 11.9. The summed E-state index contributed by atoms with van der Waals surface area (Å²) in [5, 5.41) is 14.3. The molecule has 0 spiro atoms. The van der Waals surface area contributed by atoms with E-state index < -0.39 is 35.6 Å². The zero-order chi connectivity index (χ0) is 28.6. The number of alkyl halides is 4. The number of aromatic nitrogens is 5. The van der Waals surface area contributed by atoms with E-state index in [9.17, 15) is 18.0 Å². The Balaban J connectivity index is 1.65. The summed E-state index contributed by atoms with van der Waals surface area (Å²) in [5.74, 6) is -2.58. The van der Waals surface area contributed by atoms with Crippen molar-refractivity contribution in [2.75, 3.05) is 12.4 Å². The Morgan fingerprint density at radius 1 is 1.08 bits per heavy atom. The maximum atomic E-state index is 15.1. The highest BCUT2D eigenvalue weighted by Crippen LogP contribution is 2.35. The number of carbonyl (C=O) groups excluding carboxylic acids is 1. The molecular weight excluding hydrogens is 522 g/mol. The summed E-state index contributed by atoms with van der Waals surface area (Å²) in [4.78, 5) is 23.8. The Morgan fingerprint density at radius 2 is 1.82 bits per heavy atom. The lowest BCUT2D eigenvalue weighted by atomic mass is 9.78. The van der Waals surface area contributed by atoms with E-state index in [1.54, 1.807) is 19.9 Å². The normalized spacial score (nSPS) is 20.2. The van der Waals surface area contributed by atoms with Gasteiger partial charge < -0.3 is 20.1 Å². The molecule has 3 heterocycles.